The molecule has 7 nitrogen and oxygen atoms in total. The van der Waals surface area contributed by atoms with E-state index >= 15 is 0 Å². The Bertz CT molecular complexity index is 602. The quantitative estimate of drug-likeness (QED) is 0.621. The molecule has 8 heteroatoms. The van der Waals surface area contributed by atoms with Crippen molar-refractivity contribution in [2.45, 2.75) is 24.3 Å². The van der Waals surface area contributed by atoms with Crippen LogP contribution in [0, 0.1) is 10.1 Å². The fourth-order valence-corrected chi connectivity index (χ4v) is 4.00. The van der Waals surface area contributed by atoms with Crippen LogP contribution in [0.3, 0.4) is 0 Å². The first-order valence-corrected chi connectivity index (χ1v) is 7.71. The number of rotatable bonds is 3. The molecule has 0 spiro atoms. The van der Waals surface area contributed by atoms with Crippen molar-refractivity contribution in [2.24, 2.45) is 0 Å². The molecule has 1 unspecified atom stereocenters. The smallest absolute Gasteiger partial charge is 0.289 e. The van der Waals surface area contributed by atoms with Gasteiger partial charge in [-0.2, -0.15) is 4.31 Å². The van der Waals surface area contributed by atoms with Crippen LogP contribution in [0.2, 0.25) is 0 Å². The van der Waals surface area contributed by atoms with Gasteiger partial charge in [-0.1, -0.05) is 12.1 Å². The normalized spacial score (nSPS) is 21.4. The Morgan fingerprint density at radius 3 is 2.80 bits per heavy atom. The maximum absolute atomic E-state index is 12.6. The number of nitrogens with zero attached hydrogens (tertiary/aromatic N) is 2. The van der Waals surface area contributed by atoms with Crippen LogP contribution >= 0.6 is 0 Å². The summed E-state index contributed by atoms with van der Waals surface area (Å²) >= 11 is 0. The first-order valence-electron chi connectivity index (χ1n) is 6.27. The molecule has 0 aromatic heterocycles. The Hall–Kier alpha value is -1.51. The molecule has 0 bridgehead atoms. The van der Waals surface area contributed by atoms with Gasteiger partial charge in [0.15, 0.2) is 4.90 Å². The summed E-state index contributed by atoms with van der Waals surface area (Å²) in [7, 11) is -3.90. The molecule has 1 heterocycles. The van der Waals surface area contributed by atoms with Crippen LogP contribution in [-0.2, 0) is 14.8 Å². The van der Waals surface area contributed by atoms with Gasteiger partial charge in [0, 0.05) is 25.3 Å². The van der Waals surface area contributed by atoms with E-state index in [0.717, 1.165) is 0 Å². The van der Waals surface area contributed by atoms with E-state index in [9.17, 15) is 18.5 Å². The van der Waals surface area contributed by atoms with Crippen LogP contribution < -0.4 is 0 Å². The zero-order chi connectivity index (χ0) is 14.8. The zero-order valence-electron chi connectivity index (χ0n) is 11.1. The Morgan fingerprint density at radius 2 is 2.10 bits per heavy atom. The highest BCUT2D eigenvalue weighted by molar-refractivity contribution is 7.89. The highest BCUT2D eigenvalue weighted by atomic mass is 32.2. The minimum Gasteiger partial charge on any atom is -0.380 e. The zero-order valence-corrected chi connectivity index (χ0v) is 11.9. The maximum Gasteiger partial charge on any atom is 0.289 e. The maximum atomic E-state index is 12.6. The van der Waals surface area contributed by atoms with Crippen molar-refractivity contribution in [3.8, 4) is 0 Å². The summed E-state index contributed by atoms with van der Waals surface area (Å²) in [4.78, 5) is 10.1. The second kappa shape index (κ2) is 5.86. The predicted molar refractivity (Wildman–Crippen MR) is 71.9 cm³/mol. The van der Waals surface area contributed by atoms with Crippen molar-refractivity contribution in [1.29, 1.82) is 0 Å². The lowest BCUT2D eigenvalue weighted by molar-refractivity contribution is -0.387. The van der Waals surface area contributed by atoms with Crippen molar-refractivity contribution in [2.75, 3.05) is 19.8 Å². The van der Waals surface area contributed by atoms with Gasteiger partial charge in [0.1, 0.15) is 0 Å². The molecular weight excluding hydrogens is 284 g/mol. The molecule has 0 amide bonds. The SMILES string of the molecule is CC1COCCCN1S(=O)(=O)c1ccccc1[N+](=O)[O-]. The monoisotopic (exact) mass is 300 g/mol. The molecule has 1 aliphatic rings. The van der Waals surface area contributed by atoms with E-state index in [0.29, 0.717) is 26.2 Å². The highest BCUT2D eigenvalue weighted by Crippen LogP contribution is 2.28. The van der Waals surface area contributed by atoms with E-state index in [1.807, 2.05) is 0 Å². The van der Waals surface area contributed by atoms with Crippen LogP contribution in [-0.4, -0.2) is 43.4 Å². The number of para-hydroxylation sites is 1. The molecule has 20 heavy (non-hydrogen) atoms. The van der Waals surface area contributed by atoms with Crippen molar-refractivity contribution in [3.05, 3.63) is 34.4 Å². The third-order valence-electron chi connectivity index (χ3n) is 3.17. The van der Waals surface area contributed by atoms with E-state index in [1.54, 1.807) is 6.92 Å². The van der Waals surface area contributed by atoms with E-state index < -0.39 is 20.6 Å². The highest BCUT2D eigenvalue weighted by Gasteiger charge is 2.34. The molecule has 1 saturated heterocycles. The van der Waals surface area contributed by atoms with Gasteiger partial charge in [0.2, 0.25) is 10.0 Å². The molecule has 1 aromatic carbocycles. The number of hydrogen-bond acceptors (Lipinski definition) is 5. The largest absolute Gasteiger partial charge is 0.380 e. The number of nitro groups is 1. The van der Waals surface area contributed by atoms with E-state index in [2.05, 4.69) is 0 Å². The van der Waals surface area contributed by atoms with Gasteiger partial charge in [-0.25, -0.2) is 8.42 Å². The first kappa shape index (κ1) is 14.9. The summed E-state index contributed by atoms with van der Waals surface area (Å²) < 4.78 is 31.9. The van der Waals surface area contributed by atoms with Crippen molar-refractivity contribution in [1.82, 2.24) is 4.31 Å². The fourth-order valence-electron chi connectivity index (χ4n) is 2.19. The van der Waals surface area contributed by atoms with Gasteiger partial charge in [0.05, 0.1) is 11.5 Å². The molecule has 1 aromatic rings. The van der Waals surface area contributed by atoms with Crippen molar-refractivity contribution in [3.63, 3.8) is 0 Å². The average molecular weight is 300 g/mol. The topological polar surface area (TPSA) is 89.8 Å². The standard InChI is InChI=1S/C12H16N2O5S/c1-10-9-19-8-4-7-13(10)20(17,18)12-6-3-2-5-11(12)14(15)16/h2-3,5-6,10H,4,7-9H2,1H3. The Balaban J connectivity index is 2.46. The molecular formula is C12H16N2O5S. The van der Waals surface area contributed by atoms with Crippen LogP contribution in [0.1, 0.15) is 13.3 Å². The van der Waals surface area contributed by atoms with Gasteiger partial charge in [-0.3, -0.25) is 10.1 Å². The number of nitro benzene ring substituents is 1. The molecule has 0 radical (unpaired) electrons. The second-order valence-electron chi connectivity index (χ2n) is 4.62. The Kier molecular flexibility index (Phi) is 4.36. The number of sulfonamides is 1. The second-order valence-corrected chi connectivity index (χ2v) is 6.48. The van der Waals surface area contributed by atoms with Gasteiger partial charge in [-0.15, -0.1) is 0 Å². The van der Waals surface area contributed by atoms with E-state index in [4.69, 9.17) is 4.74 Å². The van der Waals surface area contributed by atoms with Crippen LogP contribution in [0.15, 0.2) is 29.2 Å². The van der Waals surface area contributed by atoms with Crippen molar-refractivity contribution >= 4 is 15.7 Å². The summed E-state index contributed by atoms with van der Waals surface area (Å²) in [6, 6.07) is 5.06. The predicted octanol–water partition coefficient (Wildman–Crippen LogP) is 1.39. The number of hydrogen-bond donors (Lipinski definition) is 0. The molecule has 1 aliphatic heterocycles. The summed E-state index contributed by atoms with van der Waals surface area (Å²) in [5.74, 6) is 0. The number of ether oxygens (including phenoxy) is 1. The summed E-state index contributed by atoms with van der Waals surface area (Å²) in [5, 5.41) is 11.0. The van der Waals surface area contributed by atoms with E-state index in [1.165, 1.54) is 28.6 Å². The van der Waals surface area contributed by atoms with Crippen molar-refractivity contribution < 1.29 is 18.1 Å². The summed E-state index contributed by atoms with van der Waals surface area (Å²) in [5.41, 5.74) is -0.398. The van der Waals surface area contributed by atoms with Gasteiger partial charge in [0.25, 0.3) is 5.69 Å². The van der Waals surface area contributed by atoms with Gasteiger partial charge in [-0.05, 0) is 19.4 Å². The Labute approximate surface area is 117 Å². The van der Waals surface area contributed by atoms with E-state index in [-0.39, 0.29) is 10.9 Å². The average Bonchev–Trinajstić information content (AvgIpc) is 2.63. The lowest BCUT2D eigenvalue weighted by Crippen LogP contribution is -2.40. The van der Waals surface area contributed by atoms with Gasteiger partial charge < -0.3 is 4.74 Å². The summed E-state index contributed by atoms with van der Waals surface area (Å²) in [6.07, 6.45) is 0.574. The lowest BCUT2D eigenvalue weighted by atomic mass is 10.3. The molecule has 0 aliphatic carbocycles. The molecule has 1 fully saturated rings. The number of benzene rings is 1. The minimum absolute atomic E-state index is 0.265. The van der Waals surface area contributed by atoms with Gasteiger partial charge >= 0.3 is 0 Å². The molecule has 110 valence electrons. The van der Waals surface area contributed by atoms with Crippen LogP contribution in [0.4, 0.5) is 5.69 Å². The summed E-state index contributed by atoms with van der Waals surface area (Å²) in [6.45, 7) is 2.82. The Morgan fingerprint density at radius 1 is 1.40 bits per heavy atom. The first-order chi connectivity index (χ1) is 9.44. The molecule has 2 rings (SSSR count). The molecule has 1 atom stereocenters. The minimum atomic E-state index is -3.90. The fraction of sp³-hybridized carbons (Fsp3) is 0.500. The third kappa shape index (κ3) is 2.82. The molecule has 0 N–H and O–H groups in total. The van der Waals surface area contributed by atoms with Crippen LogP contribution in [0.5, 0.6) is 0 Å². The van der Waals surface area contributed by atoms with Crippen LogP contribution in [0.25, 0.3) is 0 Å². The third-order valence-corrected chi connectivity index (χ3v) is 5.23. The lowest BCUT2D eigenvalue weighted by Gasteiger charge is -2.25. The molecule has 0 saturated carbocycles.